The van der Waals surface area contributed by atoms with Gasteiger partial charge in [0.25, 0.3) is 0 Å². The van der Waals surface area contributed by atoms with E-state index in [1.165, 1.54) is 17.9 Å². The molecule has 0 spiro atoms. The molecule has 4 heteroatoms. The van der Waals surface area contributed by atoms with E-state index in [0.717, 1.165) is 11.4 Å². The zero-order valence-corrected chi connectivity index (χ0v) is 10.2. The highest BCUT2D eigenvalue weighted by Crippen LogP contribution is 2.29. The van der Waals surface area contributed by atoms with Gasteiger partial charge in [0.05, 0.1) is 12.1 Å². The van der Waals surface area contributed by atoms with Gasteiger partial charge >= 0.3 is 0 Å². The maximum absolute atomic E-state index is 6.04. The summed E-state index contributed by atoms with van der Waals surface area (Å²) in [7, 11) is 1.63. The fraction of sp³-hybridized carbons (Fsp3) is 0.455. The molecule has 1 aromatic carbocycles. The third-order valence-corrected chi connectivity index (χ3v) is 3.91. The third-order valence-electron chi connectivity index (χ3n) is 2.45. The highest BCUT2D eigenvalue weighted by molar-refractivity contribution is 7.99. The van der Waals surface area contributed by atoms with Crippen LogP contribution in [0.3, 0.4) is 0 Å². The molecule has 1 saturated heterocycles. The van der Waals surface area contributed by atoms with Gasteiger partial charge < -0.3 is 10.1 Å². The molecule has 0 amide bonds. The number of thioether (sulfide) groups is 1. The molecule has 0 saturated carbocycles. The molecule has 0 aliphatic carbocycles. The van der Waals surface area contributed by atoms with Crippen molar-refractivity contribution >= 4 is 29.1 Å². The van der Waals surface area contributed by atoms with Crippen LogP contribution in [0.2, 0.25) is 5.02 Å². The van der Waals surface area contributed by atoms with Gasteiger partial charge in [-0.2, -0.15) is 11.8 Å². The average Bonchev–Trinajstić information content (AvgIpc) is 2.71. The van der Waals surface area contributed by atoms with E-state index >= 15 is 0 Å². The second-order valence-corrected chi connectivity index (χ2v) is 5.11. The minimum Gasteiger partial charge on any atom is -0.495 e. The molecule has 1 unspecified atom stereocenters. The molecule has 15 heavy (non-hydrogen) atoms. The first-order chi connectivity index (χ1) is 7.29. The van der Waals surface area contributed by atoms with Crippen LogP contribution in [0.4, 0.5) is 5.69 Å². The maximum Gasteiger partial charge on any atom is 0.137 e. The van der Waals surface area contributed by atoms with E-state index in [2.05, 4.69) is 5.32 Å². The summed E-state index contributed by atoms with van der Waals surface area (Å²) in [6.45, 7) is 0. The van der Waals surface area contributed by atoms with Crippen LogP contribution in [0.25, 0.3) is 0 Å². The fourth-order valence-electron chi connectivity index (χ4n) is 1.64. The summed E-state index contributed by atoms with van der Waals surface area (Å²) in [5, 5.41) is 4.13. The first-order valence-electron chi connectivity index (χ1n) is 4.97. The van der Waals surface area contributed by atoms with E-state index in [0.29, 0.717) is 11.1 Å². The monoisotopic (exact) mass is 243 g/mol. The Balaban J connectivity index is 2.05. The van der Waals surface area contributed by atoms with Crippen LogP contribution in [0.5, 0.6) is 5.75 Å². The van der Waals surface area contributed by atoms with E-state index in [1.807, 2.05) is 30.0 Å². The summed E-state index contributed by atoms with van der Waals surface area (Å²) in [6.07, 6.45) is 1.23. The Morgan fingerprint density at radius 3 is 3.00 bits per heavy atom. The largest absolute Gasteiger partial charge is 0.495 e. The van der Waals surface area contributed by atoms with Crippen LogP contribution in [-0.4, -0.2) is 24.7 Å². The Bertz CT molecular complexity index is 339. The summed E-state index contributed by atoms with van der Waals surface area (Å²) in [5.74, 6) is 3.16. The van der Waals surface area contributed by atoms with E-state index in [-0.39, 0.29) is 0 Å². The number of hydrogen-bond acceptors (Lipinski definition) is 3. The Labute approximate surface area is 99.3 Å². The molecule has 82 valence electrons. The Morgan fingerprint density at radius 1 is 1.53 bits per heavy atom. The lowest BCUT2D eigenvalue weighted by Gasteiger charge is -2.13. The van der Waals surface area contributed by atoms with Crippen LogP contribution in [-0.2, 0) is 0 Å². The van der Waals surface area contributed by atoms with Gasteiger partial charge in [0.1, 0.15) is 5.75 Å². The van der Waals surface area contributed by atoms with Crippen molar-refractivity contribution in [2.24, 2.45) is 0 Å². The summed E-state index contributed by atoms with van der Waals surface area (Å²) in [6, 6.07) is 6.41. The topological polar surface area (TPSA) is 21.3 Å². The molecular formula is C11H14ClNOS. The second kappa shape index (κ2) is 4.99. The molecule has 1 heterocycles. The van der Waals surface area contributed by atoms with Crippen molar-refractivity contribution in [1.29, 1.82) is 0 Å². The lowest BCUT2D eigenvalue weighted by molar-refractivity contribution is 0.415. The van der Waals surface area contributed by atoms with Gasteiger partial charge in [0.2, 0.25) is 0 Å². The van der Waals surface area contributed by atoms with Crippen LogP contribution in [0, 0.1) is 0 Å². The third kappa shape index (κ3) is 2.73. The number of benzene rings is 1. The molecule has 1 aliphatic rings. The van der Waals surface area contributed by atoms with Crippen molar-refractivity contribution in [1.82, 2.24) is 0 Å². The van der Waals surface area contributed by atoms with Crippen molar-refractivity contribution < 1.29 is 4.74 Å². The number of rotatable bonds is 3. The number of ether oxygens (including phenoxy) is 1. The first-order valence-corrected chi connectivity index (χ1v) is 6.50. The van der Waals surface area contributed by atoms with E-state index < -0.39 is 0 Å². The number of nitrogens with one attached hydrogen (secondary N) is 1. The van der Waals surface area contributed by atoms with Crippen LogP contribution in [0.15, 0.2) is 18.2 Å². The summed E-state index contributed by atoms with van der Waals surface area (Å²) >= 11 is 8.04. The van der Waals surface area contributed by atoms with Crippen molar-refractivity contribution in [3.63, 3.8) is 0 Å². The minimum atomic E-state index is 0.583. The molecule has 0 radical (unpaired) electrons. The number of hydrogen-bond donors (Lipinski definition) is 1. The molecule has 0 aromatic heterocycles. The van der Waals surface area contributed by atoms with Gasteiger partial charge in [-0.15, -0.1) is 0 Å². The lowest BCUT2D eigenvalue weighted by Crippen LogP contribution is -2.17. The minimum absolute atomic E-state index is 0.583. The lowest BCUT2D eigenvalue weighted by atomic mass is 10.2. The number of anilines is 1. The highest BCUT2D eigenvalue weighted by Gasteiger charge is 2.15. The van der Waals surface area contributed by atoms with Gasteiger partial charge in [-0.05, 0) is 30.4 Å². The Kier molecular flexibility index (Phi) is 3.65. The van der Waals surface area contributed by atoms with Crippen LogP contribution < -0.4 is 10.1 Å². The Morgan fingerprint density at radius 2 is 2.40 bits per heavy atom. The highest BCUT2D eigenvalue weighted by atomic mass is 35.5. The molecule has 1 aliphatic heterocycles. The molecule has 2 nitrogen and oxygen atoms in total. The maximum atomic E-state index is 6.04. The van der Waals surface area contributed by atoms with Crippen molar-refractivity contribution in [3.8, 4) is 5.75 Å². The SMILES string of the molecule is COc1ccc(NC2CCSC2)cc1Cl. The molecule has 1 fully saturated rings. The summed E-state index contributed by atoms with van der Waals surface area (Å²) in [4.78, 5) is 0. The van der Waals surface area contributed by atoms with Crippen molar-refractivity contribution in [2.45, 2.75) is 12.5 Å². The van der Waals surface area contributed by atoms with E-state index in [9.17, 15) is 0 Å². The van der Waals surface area contributed by atoms with Crippen molar-refractivity contribution in [2.75, 3.05) is 23.9 Å². The molecule has 1 N–H and O–H groups in total. The van der Waals surface area contributed by atoms with Gasteiger partial charge in [-0.25, -0.2) is 0 Å². The van der Waals surface area contributed by atoms with Gasteiger partial charge in [0, 0.05) is 17.5 Å². The Hall–Kier alpha value is -0.540. The predicted molar refractivity (Wildman–Crippen MR) is 67.4 cm³/mol. The van der Waals surface area contributed by atoms with Gasteiger partial charge in [0.15, 0.2) is 0 Å². The van der Waals surface area contributed by atoms with Gasteiger partial charge in [-0.3, -0.25) is 0 Å². The quantitative estimate of drug-likeness (QED) is 0.881. The fourth-order valence-corrected chi connectivity index (χ4v) is 3.05. The smallest absolute Gasteiger partial charge is 0.137 e. The standard InChI is InChI=1S/C11H14ClNOS/c1-14-11-3-2-8(6-10(11)12)13-9-4-5-15-7-9/h2-3,6,9,13H,4-5,7H2,1H3. The predicted octanol–water partition coefficient (Wildman–Crippen LogP) is 3.27. The molecule has 1 atom stereocenters. The van der Waals surface area contributed by atoms with Crippen molar-refractivity contribution in [3.05, 3.63) is 23.2 Å². The van der Waals surface area contributed by atoms with Crippen LogP contribution in [0.1, 0.15) is 6.42 Å². The zero-order valence-electron chi connectivity index (χ0n) is 8.63. The van der Waals surface area contributed by atoms with Crippen LogP contribution >= 0.6 is 23.4 Å². The second-order valence-electron chi connectivity index (χ2n) is 3.55. The number of halogens is 1. The van der Waals surface area contributed by atoms with E-state index in [1.54, 1.807) is 7.11 Å². The molecular weight excluding hydrogens is 230 g/mol. The zero-order chi connectivity index (χ0) is 10.7. The van der Waals surface area contributed by atoms with E-state index in [4.69, 9.17) is 16.3 Å². The average molecular weight is 244 g/mol. The molecule has 1 aromatic rings. The summed E-state index contributed by atoms with van der Waals surface area (Å²) < 4.78 is 5.11. The molecule has 0 bridgehead atoms. The van der Waals surface area contributed by atoms with Gasteiger partial charge in [-0.1, -0.05) is 11.6 Å². The number of methoxy groups -OCH3 is 1. The summed E-state index contributed by atoms with van der Waals surface area (Å²) in [5.41, 5.74) is 1.08. The first kappa shape index (κ1) is 11.0. The molecule has 2 rings (SSSR count). The normalized spacial score (nSPS) is 20.3.